The summed E-state index contributed by atoms with van der Waals surface area (Å²) >= 11 is 0. The van der Waals surface area contributed by atoms with Crippen molar-refractivity contribution in [3.8, 4) is 0 Å². The second-order valence-electron chi connectivity index (χ2n) is 5.09. The first kappa shape index (κ1) is 14.4. The zero-order valence-corrected chi connectivity index (χ0v) is 11.5. The number of nitrogens with zero attached hydrogens (tertiary/aromatic N) is 2. The Bertz CT molecular complexity index is 386. The molecule has 1 fully saturated rings. The Hall–Kier alpha value is -0.980. The minimum Gasteiger partial charge on any atom is -0.394 e. The number of aliphatic hydroxyl groups excluding tert-OH is 1. The van der Waals surface area contributed by atoms with Crippen LogP contribution in [0.25, 0.3) is 0 Å². The van der Waals surface area contributed by atoms with Gasteiger partial charge in [0.2, 0.25) is 11.7 Å². The molecule has 1 aromatic heterocycles. The van der Waals surface area contributed by atoms with E-state index in [1.807, 2.05) is 6.92 Å². The minimum absolute atomic E-state index is 0.205. The Balaban J connectivity index is 2.24. The molecule has 1 saturated carbocycles. The lowest BCUT2D eigenvalue weighted by Gasteiger charge is -2.29. The van der Waals surface area contributed by atoms with Crippen LogP contribution in [0.2, 0.25) is 0 Å². The molecule has 1 aromatic rings. The number of hydrogen-bond donors (Lipinski definition) is 2. The molecule has 1 atom stereocenters. The summed E-state index contributed by atoms with van der Waals surface area (Å²) in [6.07, 6.45) is 6.47. The molecule has 6 heteroatoms. The van der Waals surface area contributed by atoms with Crippen LogP contribution >= 0.6 is 0 Å². The van der Waals surface area contributed by atoms with Gasteiger partial charge in [-0.15, -0.1) is 0 Å². The van der Waals surface area contributed by atoms with E-state index in [-0.39, 0.29) is 12.5 Å². The third kappa shape index (κ3) is 3.13. The lowest BCUT2D eigenvalue weighted by atomic mass is 9.93. The van der Waals surface area contributed by atoms with Crippen LogP contribution in [0.5, 0.6) is 0 Å². The van der Waals surface area contributed by atoms with E-state index in [0.717, 1.165) is 25.7 Å². The average Bonchev–Trinajstić information content (AvgIpc) is 2.81. The number of nitrogens with two attached hydrogens (primary N) is 1. The van der Waals surface area contributed by atoms with Gasteiger partial charge in [0.1, 0.15) is 11.6 Å². The van der Waals surface area contributed by atoms with E-state index < -0.39 is 11.6 Å². The summed E-state index contributed by atoms with van der Waals surface area (Å²) in [7, 11) is 0. The van der Waals surface area contributed by atoms with Gasteiger partial charge < -0.3 is 20.1 Å². The zero-order valence-electron chi connectivity index (χ0n) is 11.5. The van der Waals surface area contributed by atoms with E-state index in [1.165, 1.54) is 12.8 Å². The van der Waals surface area contributed by atoms with E-state index in [9.17, 15) is 0 Å². The summed E-state index contributed by atoms with van der Waals surface area (Å²) < 4.78 is 11.1. The minimum atomic E-state index is -0.620. The molecule has 0 aromatic carbocycles. The Morgan fingerprint density at radius 2 is 2.05 bits per heavy atom. The standard InChI is InChI=1S/C13H23N3O3/c1-2-18-13(7-5-3-4-6-8-13)12-15-11(19-16-12)10(14)9-17/h10,17H,2-9,14H2,1H3/t10-/m0/s1. The molecule has 3 N–H and O–H groups in total. The maximum atomic E-state index is 9.04. The molecule has 0 unspecified atom stereocenters. The molecule has 2 rings (SSSR count). The topological polar surface area (TPSA) is 94.4 Å². The van der Waals surface area contributed by atoms with Crippen molar-refractivity contribution < 1.29 is 14.4 Å². The normalized spacial score (nSPS) is 21.0. The summed E-state index contributed by atoms with van der Waals surface area (Å²) in [4.78, 5) is 4.35. The molecule has 0 bridgehead atoms. The summed E-state index contributed by atoms with van der Waals surface area (Å²) in [6, 6.07) is -0.620. The predicted molar refractivity (Wildman–Crippen MR) is 69.3 cm³/mol. The van der Waals surface area contributed by atoms with Crippen LogP contribution in [-0.4, -0.2) is 28.5 Å². The van der Waals surface area contributed by atoms with Crippen molar-refractivity contribution in [3.63, 3.8) is 0 Å². The average molecular weight is 269 g/mol. The van der Waals surface area contributed by atoms with Crippen LogP contribution in [0, 0.1) is 0 Å². The zero-order chi connectivity index (χ0) is 13.7. The van der Waals surface area contributed by atoms with Crippen molar-refractivity contribution in [3.05, 3.63) is 11.7 Å². The van der Waals surface area contributed by atoms with E-state index in [2.05, 4.69) is 10.1 Å². The van der Waals surface area contributed by atoms with Crippen LogP contribution in [0.3, 0.4) is 0 Å². The van der Waals surface area contributed by atoms with Crippen molar-refractivity contribution >= 4 is 0 Å². The highest BCUT2D eigenvalue weighted by Gasteiger charge is 2.38. The number of rotatable bonds is 5. The second kappa shape index (κ2) is 6.45. The van der Waals surface area contributed by atoms with E-state index in [0.29, 0.717) is 12.4 Å². The lowest BCUT2D eigenvalue weighted by molar-refractivity contribution is -0.0636. The van der Waals surface area contributed by atoms with E-state index >= 15 is 0 Å². The third-order valence-electron chi connectivity index (χ3n) is 3.70. The van der Waals surface area contributed by atoms with Crippen LogP contribution in [0.15, 0.2) is 4.52 Å². The summed E-state index contributed by atoms with van der Waals surface area (Å²) in [6.45, 7) is 2.40. The van der Waals surface area contributed by atoms with Gasteiger partial charge in [0, 0.05) is 6.61 Å². The molecule has 6 nitrogen and oxygen atoms in total. The molecule has 19 heavy (non-hydrogen) atoms. The third-order valence-corrected chi connectivity index (χ3v) is 3.70. The fourth-order valence-corrected chi connectivity index (χ4v) is 2.66. The predicted octanol–water partition coefficient (Wildman–Crippen LogP) is 1.65. The smallest absolute Gasteiger partial charge is 0.246 e. The fourth-order valence-electron chi connectivity index (χ4n) is 2.66. The summed E-state index contributed by atoms with van der Waals surface area (Å²) in [5, 5.41) is 13.1. The Morgan fingerprint density at radius 3 is 2.63 bits per heavy atom. The van der Waals surface area contributed by atoms with Gasteiger partial charge in [-0.1, -0.05) is 30.8 Å². The first-order valence-electron chi connectivity index (χ1n) is 7.06. The van der Waals surface area contributed by atoms with Gasteiger partial charge >= 0.3 is 0 Å². The first-order chi connectivity index (χ1) is 9.22. The Kier molecular flexibility index (Phi) is 4.90. The highest BCUT2D eigenvalue weighted by Crippen LogP contribution is 2.38. The Morgan fingerprint density at radius 1 is 1.37 bits per heavy atom. The molecule has 108 valence electrons. The molecule has 1 aliphatic carbocycles. The fraction of sp³-hybridized carbons (Fsp3) is 0.846. The van der Waals surface area contributed by atoms with Gasteiger partial charge in [-0.2, -0.15) is 4.98 Å². The summed E-state index contributed by atoms with van der Waals surface area (Å²) in [5.41, 5.74) is 5.26. The van der Waals surface area contributed by atoms with Gasteiger partial charge in [-0.25, -0.2) is 0 Å². The van der Waals surface area contributed by atoms with Crippen molar-refractivity contribution in [2.45, 2.75) is 57.1 Å². The number of ether oxygens (including phenoxy) is 1. The van der Waals surface area contributed by atoms with Crippen molar-refractivity contribution in [1.29, 1.82) is 0 Å². The maximum absolute atomic E-state index is 9.04. The number of hydrogen-bond acceptors (Lipinski definition) is 6. The maximum Gasteiger partial charge on any atom is 0.246 e. The van der Waals surface area contributed by atoms with Crippen LogP contribution in [0.1, 0.15) is 63.2 Å². The van der Waals surface area contributed by atoms with Crippen molar-refractivity contribution in [2.24, 2.45) is 5.73 Å². The van der Waals surface area contributed by atoms with E-state index in [4.69, 9.17) is 20.1 Å². The first-order valence-corrected chi connectivity index (χ1v) is 7.06. The largest absolute Gasteiger partial charge is 0.394 e. The quantitative estimate of drug-likeness (QED) is 0.789. The van der Waals surface area contributed by atoms with Crippen molar-refractivity contribution in [2.75, 3.05) is 13.2 Å². The Labute approximate surface area is 113 Å². The van der Waals surface area contributed by atoms with Crippen LogP contribution in [-0.2, 0) is 10.3 Å². The van der Waals surface area contributed by atoms with Gasteiger partial charge in [0.25, 0.3) is 0 Å². The lowest BCUT2D eigenvalue weighted by Crippen LogP contribution is -2.31. The highest BCUT2D eigenvalue weighted by molar-refractivity contribution is 5.04. The molecule has 0 radical (unpaired) electrons. The van der Waals surface area contributed by atoms with E-state index in [1.54, 1.807) is 0 Å². The second-order valence-corrected chi connectivity index (χ2v) is 5.09. The molecule has 0 saturated heterocycles. The van der Waals surface area contributed by atoms with Crippen LogP contribution in [0.4, 0.5) is 0 Å². The molecular weight excluding hydrogens is 246 g/mol. The van der Waals surface area contributed by atoms with Gasteiger partial charge in [0.05, 0.1) is 6.61 Å². The van der Waals surface area contributed by atoms with Gasteiger partial charge in [-0.05, 0) is 19.8 Å². The number of aliphatic hydroxyl groups is 1. The summed E-state index contributed by atoms with van der Waals surface area (Å²) in [5.74, 6) is 0.857. The van der Waals surface area contributed by atoms with Gasteiger partial charge in [0.15, 0.2) is 0 Å². The SMILES string of the molecule is CCOC1(c2noc([C@@H](N)CO)n2)CCCCCC1. The molecule has 0 amide bonds. The molecule has 0 aliphatic heterocycles. The highest BCUT2D eigenvalue weighted by atomic mass is 16.5. The molecule has 1 heterocycles. The van der Waals surface area contributed by atoms with Crippen molar-refractivity contribution in [1.82, 2.24) is 10.1 Å². The van der Waals surface area contributed by atoms with Gasteiger partial charge in [-0.3, -0.25) is 0 Å². The molecule has 0 spiro atoms. The number of aromatic nitrogens is 2. The molecular formula is C13H23N3O3. The monoisotopic (exact) mass is 269 g/mol. The van der Waals surface area contributed by atoms with Crippen LogP contribution < -0.4 is 5.73 Å². The molecule has 1 aliphatic rings.